The van der Waals surface area contributed by atoms with Crippen LogP contribution in [0.4, 0.5) is 0 Å². The van der Waals surface area contributed by atoms with E-state index in [0.29, 0.717) is 10.7 Å². The lowest BCUT2D eigenvalue weighted by Crippen LogP contribution is -2.27. The van der Waals surface area contributed by atoms with Gasteiger partial charge >= 0.3 is 5.97 Å². The third kappa shape index (κ3) is 2.18. The Labute approximate surface area is 111 Å². The minimum Gasteiger partial charge on any atom is -0.480 e. The monoisotopic (exact) mass is 284 g/mol. The molecule has 2 heterocycles. The summed E-state index contributed by atoms with van der Waals surface area (Å²) in [6.07, 6.45) is 0. The SMILES string of the molecule is Cc1csc2nc(Cl)c(C(C#N)NCC(=O)O)n12. The van der Waals surface area contributed by atoms with Crippen molar-refractivity contribution in [1.29, 1.82) is 5.26 Å². The van der Waals surface area contributed by atoms with E-state index in [9.17, 15) is 4.79 Å². The van der Waals surface area contributed by atoms with Gasteiger partial charge in [-0.2, -0.15) is 5.26 Å². The van der Waals surface area contributed by atoms with Crippen LogP contribution in [0.15, 0.2) is 5.38 Å². The zero-order valence-corrected chi connectivity index (χ0v) is 10.9. The molecule has 1 unspecified atom stereocenters. The fraction of sp³-hybridized carbons (Fsp3) is 0.300. The van der Waals surface area contributed by atoms with E-state index in [4.69, 9.17) is 22.0 Å². The number of thiazole rings is 1. The second-order valence-corrected chi connectivity index (χ2v) is 4.81. The van der Waals surface area contributed by atoms with Crippen molar-refractivity contribution in [2.45, 2.75) is 13.0 Å². The number of rotatable bonds is 4. The van der Waals surface area contributed by atoms with E-state index >= 15 is 0 Å². The molecule has 2 rings (SSSR count). The highest BCUT2D eigenvalue weighted by molar-refractivity contribution is 7.15. The average molecular weight is 285 g/mol. The summed E-state index contributed by atoms with van der Waals surface area (Å²) in [5.74, 6) is -1.03. The summed E-state index contributed by atoms with van der Waals surface area (Å²) < 4.78 is 1.76. The Balaban J connectivity index is 2.44. The summed E-state index contributed by atoms with van der Waals surface area (Å²) >= 11 is 7.42. The molecule has 6 nitrogen and oxygen atoms in total. The van der Waals surface area contributed by atoms with Crippen LogP contribution >= 0.6 is 22.9 Å². The van der Waals surface area contributed by atoms with Crippen molar-refractivity contribution in [3.05, 3.63) is 21.9 Å². The molecule has 0 amide bonds. The van der Waals surface area contributed by atoms with E-state index in [1.807, 2.05) is 18.4 Å². The Kier molecular flexibility index (Phi) is 3.52. The second kappa shape index (κ2) is 4.94. The molecule has 0 aromatic carbocycles. The van der Waals surface area contributed by atoms with Crippen molar-refractivity contribution in [3.8, 4) is 6.07 Å². The number of nitrogens with one attached hydrogen (secondary N) is 1. The quantitative estimate of drug-likeness (QED) is 0.890. The summed E-state index contributed by atoms with van der Waals surface area (Å²) in [5, 5.41) is 22.5. The van der Waals surface area contributed by atoms with Gasteiger partial charge in [-0.3, -0.25) is 14.5 Å². The van der Waals surface area contributed by atoms with E-state index in [2.05, 4.69) is 10.3 Å². The molecule has 0 spiro atoms. The number of aryl methyl sites for hydroxylation is 1. The summed E-state index contributed by atoms with van der Waals surface area (Å²) in [5.41, 5.74) is 1.39. The molecule has 1 atom stereocenters. The number of halogens is 1. The molecule has 0 aliphatic rings. The molecule has 2 N–H and O–H groups in total. The number of hydrogen-bond donors (Lipinski definition) is 2. The Hall–Kier alpha value is -1.62. The molecular weight excluding hydrogens is 276 g/mol. The van der Waals surface area contributed by atoms with Gasteiger partial charge in [-0.1, -0.05) is 11.6 Å². The molecule has 0 bridgehead atoms. The van der Waals surface area contributed by atoms with Crippen molar-refractivity contribution in [1.82, 2.24) is 14.7 Å². The first-order chi connectivity index (χ1) is 8.54. The maximum atomic E-state index is 10.5. The summed E-state index contributed by atoms with van der Waals surface area (Å²) in [4.78, 5) is 15.4. The van der Waals surface area contributed by atoms with Gasteiger partial charge < -0.3 is 5.11 Å². The normalized spacial score (nSPS) is 12.5. The predicted octanol–water partition coefficient (Wildman–Crippen LogP) is 1.60. The van der Waals surface area contributed by atoms with E-state index in [-0.39, 0.29) is 11.7 Å². The first kappa shape index (κ1) is 12.8. The molecule has 2 aromatic rings. The molecule has 0 radical (unpaired) electrons. The standard InChI is InChI=1S/C10H9ClN4O2S/c1-5-4-18-10-14-9(11)8(15(5)10)6(2-12)13-3-7(16)17/h4,6,13H,3H2,1H3,(H,16,17). The van der Waals surface area contributed by atoms with Crippen LogP contribution in [0.5, 0.6) is 0 Å². The maximum absolute atomic E-state index is 10.5. The lowest BCUT2D eigenvalue weighted by molar-refractivity contribution is -0.136. The minimum absolute atomic E-state index is 0.217. The van der Waals surface area contributed by atoms with Gasteiger partial charge in [-0.15, -0.1) is 11.3 Å². The topological polar surface area (TPSA) is 90.4 Å². The van der Waals surface area contributed by atoms with E-state index in [1.165, 1.54) is 11.3 Å². The molecule has 0 aliphatic heterocycles. The number of nitrogens with zero attached hydrogens (tertiary/aromatic N) is 3. The van der Waals surface area contributed by atoms with Gasteiger partial charge in [0.1, 0.15) is 6.04 Å². The Bertz CT molecular complexity index is 642. The van der Waals surface area contributed by atoms with E-state index in [1.54, 1.807) is 4.40 Å². The zero-order valence-electron chi connectivity index (χ0n) is 9.35. The van der Waals surface area contributed by atoms with Crippen molar-refractivity contribution in [2.24, 2.45) is 0 Å². The highest BCUT2D eigenvalue weighted by atomic mass is 35.5. The van der Waals surface area contributed by atoms with Gasteiger partial charge in [0.25, 0.3) is 0 Å². The smallest absolute Gasteiger partial charge is 0.317 e. The van der Waals surface area contributed by atoms with Crippen molar-refractivity contribution in [2.75, 3.05) is 6.54 Å². The van der Waals surface area contributed by atoms with Gasteiger partial charge in [0.15, 0.2) is 10.1 Å². The van der Waals surface area contributed by atoms with Crippen LogP contribution in [-0.2, 0) is 4.79 Å². The maximum Gasteiger partial charge on any atom is 0.317 e. The number of carboxylic acid groups (broad SMARTS) is 1. The first-order valence-electron chi connectivity index (χ1n) is 5.01. The zero-order chi connectivity index (χ0) is 13.3. The number of fused-ring (bicyclic) bond motifs is 1. The molecule has 0 aliphatic carbocycles. The molecule has 0 saturated carbocycles. The largest absolute Gasteiger partial charge is 0.480 e. The number of imidazole rings is 1. The summed E-state index contributed by atoms with van der Waals surface area (Å²) in [6, 6.07) is 1.19. The predicted molar refractivity (Wildman–Crippen MR) is 66.8 cm³/mol. The number of nitriles is 1. The van der Waals surface area contributed by atoms with Crippen LogP contribution in [-0.4, -0.2) is 27.0 Å². The van der Waals surface area contributed by atoms with Gasteiger partial charge in [0.05, 0.1) is 18.3 Å². The molecule has 0 saturated heterocycles. The fourth-order valence-corrected chi connectivity index (χ4v) is 2.84. The Morgan fingerprint density at radius 1 is 1.83 bits per heavy atom. The fourth-order valence-electron chi connectivity index (χ4n) is 1.64. The van der Waals surface area contributed by atoms with Crippen molar-refractivity contribution in [3.63, 3.8) is 0 Å². The van der Waals surface area contributed by atoms with Gasteiger partial charge in [-0.05, 0) is 6.92 Å². The molecule has 18 heavy (non-hydrogen) atoms. The number of carbonyl (C=O) groups is 1. The third-order valence-electron chi connectivity index (χ3n) is 2.38. The van der Waals surface area contributed by atoms with E-state index in [0.717, 1.165) is 5.69 Å². The first-order valence-corrected chi connectivity index (χ1v) is 6.27. The van der Waals surface area contributed by atoms with Gasteiger partial charge in [-0.25, -0.2) is 4.98 Å². The van der Waals surface area contributed by atoms with Crippen LogP contribution < -0.4 is 5.32 Å². The van der Waals surface area contributed by atoms with Crippen molar-refractivity contribution >= 4 is 33.9 Å². The average Bonchev–Trinajstić information content (AvgIpc) is 2.81. The number of hydrogen-bond acceptors (Lipinski definition) is 5. The van der Waals surface area contributed by atoms with Crippen LogP contribution in [0.3, 0.4) is 0 Å². The molecule has 0 fully saturated rings. The number of aromatic nitrogens is 2. The molecule has 2 aromatic heterocycles. The van der Waals surface area contributed by atoms with Gasteiger partial charge in [0, 0.05) is 11.1 Å². The Morgan fingerprint density at radius 2 is 2.56 bits per heavy atom. The molecule has 94 valence electrons. The number of carboxylic acids is 1. The Morgan fingerprint density at radius 3 is 3.17 bits per heavy atom. The highest BCUT2D eigenvalue weighted by Crippen LogP contribution is 2.28. The summed E-state index contributed by atoms with van der Waals surface area (Å²) in [6.45, 7) is 1.56. The van der Waals surface area contributed by atoms with Crippen LogP contribution in [0.2, 0.25) is 5.15 Å². The highest BCUT2D eigenvalue weighted by Gasteiger charge is 2.22. The molecular formula is C10H9ClN4O2S. The molecule has 8 heteroatoms. The lowest BCUT2D eigenvalue weighted by Gasteiger charge is -2.10. The van der Waals surface area contributed by atoms with Crippen LogP contribution in [0, 0.1) is 18.3 Å². The van der Waals surface area contributed by atoms with E-state index < -0.39 is 12.0 Å². The van der Waals surface area contributed by atoms with Crippen LogP contribution in [0.25, 0.3) is 4.96 Å². The van der Waals surface area contributed by atoms with Crippen LogP contribution in [0.1, 0.15) is 17.4 Å². The lowest BCUT2D eigenvalue weighted by atomic mass is 10.2. The minimum atomic E-state index is -1.03. The summed E-state index contributed by atoms with van der Waals surface area (Å²) in [7, 11) is 0. The second-order valence-electron chi connectivity index (χ2n) is 3.62. The van der Waals surface area contributed by atoms with Crippen molar-refractivity contribution < 1.29 is 9.90 Å². The van der Waals surface area contributed by atoms with Gasteiger partial charge in [0.2, 0.25) is 0 Å². The number of aliphatic carboxylic acids is 1. The third-order valence-corrected chi connectivity index (χ3v) is 3.61.